The Labute approximate surface area is 123 Å². The third-order valence-electron chi connectivity index (χ3n) is 3.71. The predicted octanol–water partition coefficient (Wildman–Crippen LogP) is 1.11. The number of carbonyl (C=O) groups is 1. The van der Waals surface area contributed by atoms with Gasteiger partial charge in [-0.1, -0.05) is 0 Å². The SMILES string of the molecule is CN(CC(O)C1CC1)C(=O)c1cc(-n2cccn2)ccn1. The first-order valence-electron chi connectivity index (χ1n) is 7.05. The summed E-state index contributed by atoms with van der Waals surface area (Å²) < 4.78 is 1.68. The van der Waals surface area contributed by atoms with Gasteiger partial charge in [-0.15, -0.1) is 0 Å². The van der Waals surface area contributed by atoms with E-state index in [2.05, 4.69) is 10.1 Å². The molecule has 1 saturated carbocycles. The minimum Gasteiger partial charge on any atom is -0.391 e. The van der Waals surface area contributed by atoms with Gasteiger partial charge in [-0.3, -0.25) is 9.78 Å². The second-order valence-corrected chi connectivity index (χ2v) is 5.44. The summed E-state index contributed by atoms with van der Waals surface area (Å²) in [7, 11) is 1.69. The topological polar surface area (TPSA) is 71.2 Å². The van der Waals surface area contributed by atoms with Crippen molar-refractivity contribution in [3.05, 3.63) is 42.5 Å². The van der Waals surface area contributed by atoms with Crippen LogP contribution in [0.15, 0.2) is 36.8 Å². The molecular weight excluding hydrogens is 268 g/mol. The Kier molecular flexibility index (Phi) is 3.70. The lowest BCUT2D eigenvalue weighted by Crippen LogP contribution is -2.35. The highest BCUT2D eigenvalue weighted by molar-refractivity contribution is 5.92. The van der Waals surface area contributed by atoms with Gasteiger partial charge in [-0.2, -0.15) is 5.10 Å². The van der Waals surface area contributed by atoms with Gasteiger partial charge in [0.05, 0.1) is 11.8 Å². The van der Waals surface area contributed by atoms with Gasteiger partial charge >= 0.3 is 0 Å². The maximum Gasteiger partial charge on any atom is 0.272 e. The summed E-state index contributed by atoms with van der Waals surface area (Å²) in [6.07, 6.45) is 6.75. The molecule has 2 aromatic rings. The maximum absolute atomic E-state index is 12.4. The molecule has 0 bridgehead atoms. The highest BCUT2D eigenvalue weighted by atomic mass is 16.3. The molecule has 0 spiro atoms. The molecule has 1 aliphatic rings. The predicted molar refractivity (Wildman–Crippen MR) is 77.1 cm³/mol. The van der Waals surface area contributed by atoms with Crippen LogP contribution in [0, 0.1) is 5.92 Å². The number of aromatic nitrogens is 3. The van der Waals surface area contributed by atoms with E-state index in [1.165, 1.54) is 4.90 Å². The number of aliphatic hydroxyl groups excluding tert-OH is 1. The number of likely N-dealkylation sites (N-methyl/N-ethyl adjacent to an activating group) is 1. The summed E-state index contributed by atoms with van der Waals surface area (Å²) in [5.41, 5.74) is 1.14. The quantitative estimate of drug-likeness (QED) is 0.894. The maximum atomic E-state index is 12.4. The number of hydrogen-bond donors (Lipinski definition) is 1. The van der Waals surface area contributed by atoms with E-state index in [4.69, 9.17) is 0 Å². The number of rotatable bonds is 5. The van der Waals surface area contributed by atoms with E-state index in [1.807, 2.05) is 12.3 Å². The second-order valence-electron chi connectivity index (χ2n) is 5.44. The summed E-state index contributed by atoms with van der Waals surface area (Å²) >= 11 is 0. The Hall–Kier alpha value is -2.21. The smallest absolute Gasteiger partial charge is 0.272 e. The third kappa shape index (κ3) is 3.11. The zero-order chi connectivity index (χ0) is 14.8. The van der Waals surface area contributed by atoms with Crippen molar-refractivity contribution in [1.82, 2.24) is 19.7 Å². The molecule has 6 nitrogen and oxygen atoms in total. The highest BCUT2D eigenvalue weighted by Crippen LogP contribution is 2.32. The minimum atomic E-state index is -0.437. The van der Waals surface area contributed by atoms with Gasteiger partial charge in [0.15, 0.2) is 0 Å². The second kappa shape index (κ2) is 5.65. The van der Waals surface area contributed by atoms with Crippen LogP contribution < -0.4 is 0 Å². The van der Waals surface area contributed by atoms with Crippen molar-refractivity contribution in [2.24, 2.45) is 5.92 Å². The molecule has 1 aliphatic carbocycles. The van der Waals surface area contributed by atoms with E-state index in [9.17, 15) is 9.90 Å². The fourth-order valence-corrected chi connectivity index (χ4v) is 2.29. The molecule has 1 N–H and O–H groups in total. The minimum absolute atomic E-state index is 0.191. The van der Waals surface area contributed by atoms with E-state index in [0.717, 1.165) is 18.5 Å². The number of pyridine rings is 1. The van der Waals surface area contributed by atoms with Crippen LogP contribution in [0.4, 0.5) is 0 Å². The Bertz CT molecular complexity index is 622. The highest BCUT2D eigenvalue weighted by Gasteiger charge is 2.31. The lowest BCUT2D eigenvalue weighted by molar-refractivity contribution is 0.0640. The molecule has 1 fully saturated rings. The first-order valence-corrected chi connectivity index (χ1v) is 7.05. The van der Waals surface area contributed by atoms with Gasteiger partial charge < -0.3 is 10.0 Å². The summed E-state index contributed by atoms with van der Waals surface area (Å²) in [6.45, 7) is 0.344. The number of amides is 1. The molecule has 1 atom stereocenters. The van der Waals surface area contributed by atoms with Gasteiger partial charge in [0, 0.05) is 32.2 Å². The fourth-order valence-electron chi connectivity index (χ4n) is 2.29. The molecule has 3 rings (SSSR count). The van der Waals surface area contributed by atoms with E-state index in [1.54, 1.807) is 36.3 Å². The van der Waals surface area contributed by atoms with Crippen LogP contribution in [0.3, 0.4) is 0 Å². The van der Waals surface area contributed by atoms with E-state index in [0.29, 0.717) is 18.2 Å². The average Bonchev–Trinajstić information content (AvgIpc) is 3.21. The normalized spacial score (nSPS) is 15.7. The molecule has 1 amide bonds. The van der Waals surface area contributed by atoms with Gasteiger partial charge in [0.25, 0.3) is 5.91 Å². The Balaban J connectivity index is 1.73. The van der Waals surface area contributed by atoms with Crippen LogP contribution in [0.5, 0.6) is 0 Å². The molecule has 0 radical (unpaired) electrons. The molecular formula is C15H18N4O2. The van der Waals surface area contributed by atoms with E-state index in [-0.39, 0.29) is 5.91 Å². The average molecular weight is 286 g/mol. The number of nitrogens with zero attached hydrogens (tertiary/aromatic N) is 4. The molecule has 2 heterocycles. The lowest BCUT2D eigenvalue weighted by Gasteiger charge is -2.20. The first-order chi connectivity index (χ1) is 10.1. The van der Waals surface area contributed by atoms with Crippen molar-refractivity contribution in [3.8, 4) is 5.69 Å². The van der Waals surface area contributed by atoms with E-state index >= 15 is 0 Å². The molecule has 110 valence electrons. The van der Waals surface area contributed by atoms with Gasteiger partial charge in [-0.05, 0) is 37.0 Å². The molecule has 0 aromatic carbocycles. The van der Waals surface area contributed by atoms with Crippen molar-refractivity contribution in [1.29, 1.82) is 0 Å². The van der Waals surface area contributed by atoms with Crippen LogP contribution in [-0.4, -0.2) is 50.4 Å². The zero-order valence-corrected chi connectivity index (χ0v) is 11.9. The summed E-state index contributed by atoms with van der Waals surface area (Å²) in [4.78, 5) is 18.0. The molecule has 1 unspecified atom stereocenters. The van der Waals surface area contributed by atoms with E-state index < -0.39 is 6.10 Å². The van der Waals surface area contributed by atoms with Gasteiger partial charge in [-0.25, -0.2) is 4.68 Å². The number of carbonyl (C=O) groups excluding carboxylic acids is 1. The van der Waals surface area contributed by atoms with Crippen LogP contribution in [0.1, 0.15) is 23.3 Å². The van der Waals surface area contributed by atoms with Crippen LogP contribution in [-0.2, 0) is 0 Å². The Morgan fingerprint density at radius 1 is 1.52 bits per heavy atom. The van der Waals surface area contributed by atoms with Crippen molar-refractivity contribution in [3.63, 3.8) is 0 Å². The summed E-state index contributed by atoms with van der Waals surface area (Å²) in [5, 5.41) is 14.1. The standard InChI is InChI=1S/C15H18N4O2/c1-18(10-14(20)11-3-4-11)15(21)13-9-12(5-7-16-13)19-8-2-6-17-19/h2,5-9,11,14,20H,3-4,10H2,1H3. The van der Waals surface area contributed by atoms with Crippen LogP contribution in [0.2, 0.25) is 0 Å². The molecule has 6 heteroatoms. The van der Waals surface area contributed by atoms with Gasteiger partial charge in [0.2, 0.25) is 0 Å². The Morgan fingerprint density at radius 2 is 2.33 bits per heavy atom. The summed E-state index contributed by atoms with van der Waals surface area (Å²) in [6, 6.07) is 5.32. The largest absolute Gasteiger partial charge is 0.391 e. The summed E-state index contributed by atoms with van der Waals surface area (Å²) in [5.74, 6) is 0.160. The third-order valence-corrected chi connectivity index (χ3v) is 3.71. The van der Waals surface area contributed by atoms with Crippen LogP contribution in [0.25, 0.3) is 5.69 Å². The molecule has 0 aliphatic heterocycles. The monoisotopic (exact) mass is 286 g/mol. The number of hydrogen-bond acceptors (Lipinski definition) is 4. The lowest BCUT2D eigenvalue weighted by atomic mass is 10.2. The van der Waals surface area contributed by atoms with Crippen molar-refractivity contribution in [2.45, 2.75) is 18.9 Å². The number of aliphatic hydroxyl groups is 1. The van der Waals surface area contributed by atoms with Gasteiger partial charge in [0.1, 0.15) is 5.69 Å². The van der Waals surface area contributed by atoms with Crippen LogP contribution >= 0.6 is 0 Å². The first kappa shape index (κ1) is 13.8. The Morgan fingerprint density at radius 3 is 3.00 bits per heavy atom. The van der Waals surface area contributed by atoms with Crippen molar-refractivity contribution >= 4 is 5.91 Å². The fraction of sp³-hybridized carbons (Fsp3) is 0.400. The van der Waals surface area contributed by atoms with Crippen molar-refractivity contribution < 1.29 is 9.90 Å². The van der Waals surface area contributed by atoms with Crippen molar-refractivity contribution in [2.75, 3.05) is 13.6 Å². The zero-order valence-electron chi connectivity index (χ0n) is 11.9. The molecule has 0 saturated heterocycles. The molecule has 2 aromatic heterocycles. The molecule has 21 heavy (non-hydrogen) atoms.